The Balaban J connectivity index is 1.70. The molecule has 2 aliphatic rings. The summed E-state index contributed by atoms with van der Waals surface area (Å²) in [7, 11) is 0. The molecule has 4 unspecified atom stereocenters. The van der Waals surface area contributed by atoms with Crippen LogP contribution in [0.4, 0.5) is 0 Å². The van der Waals surface area contributed by atoms with Gasteiger partial charge >= 0.3 is 0 Å². The Kier molecular flexibility index (Phi) is 3.35. The molecule has 2 fully saturated rings. The minimum absolute atomic E-state index is 0.320. The summed E-state index contributed by atoms with van der Waals surface area (Å²) in [5, 5.41) is 10.1. The largest absolute Gasteiger partial charge is 0.390 e. The van der Waals surface area contributed by atoms with Crippen LogP contribution >= 0.6 is 0 Å². The van der Waals surface area contributed by atoms with Gasteiger partial charge in [-0.1, -0.05) is 30.3 Å². The third kappa shape index (κ3) is 2.47. The quantitative estimate of drug-likeness (QED) is 0.868. The SMILES string of the molecule is CC1(C)OC2C(OCc3ccccc3)C(O)CC2(N)O1. The highest BCUT2D eigenvalue weighted by Crippen LogP contribution is 2.44. The van der Waals surface area contributed by atoms with E-state index < -0.39 is 29.8 Å². The minimum Gasteiger partial charge on any atom is -0.390 e. The monoisotopic (exact) mass is 279 g/mol. The second kappa shape index (κ2) is 4.79. The fourth-order valence-electron chi connectivity index (χ4n) is 3.06. The van der Waals surface area contributed by atoms with Gasteiger partial charge in [0.15, 0.2) is 11.5 Å². The molecule has 3 rings (SSSR count). The molecule has 0 aromatic heterocycles. The zero-order valence-corrected chi connectivity index (χ0v) is 11.8. The number of aliphatic hydroxyl groups excluding tert-OH is 1. The van der Waals surface area contributed by atoms with Crippen molar-refractivity contribution in [3.63, 3.8) is 0 Å². The first kappa shape index (κ1) is 14.0. The van der Waals surface area contributed by atoms with Gasteiger partial charge in [-0.15, -0.1) is 0 Å². The fraction of sp³-hybridized carbons (Fsp3) is 0.600. The lowest BCUT2D eigenvalue weighted by Crippen LogP contribution is -2.48. The zero-order valence-electron chi connectivity index (χ0n) is 11.8. The molecule has 1 aliphatic heterocycles. The number of hydrogen-bond donors (Lipinski definition) is 2. The van der Waals surface area contributed by atoms with Crippen molar-refractivity contribution in [2.75, 3.05) is 0 Å². The van der Waals surface area contributed by atoms with E-state index in [1.165, 1.54) is 0 Å². The van der Waals surface area contributed by atoms with Crippen molar-refractivity contribution in [1.82, 2.24) is 0 Å². The van der Waals surface area contributed by atoms with Gasteiger partial charge in [0.05, 0.1) is 12.7 Å². The van der Waals surface area contributed by atoms with Gasteiger partial charge in [0, 0.05) is 6.42 Å². The van der Waals surface area contributed by atoms with Gasteiger partial charge in [-0.3, -0.25) is 0 Å². The molecule has 1 aromatic carbocycles. The van der Waals surface area contributed by atoms with E-state index in [9.17, 15) is 5.11 Å². The summed E-state index contributed by atoms with van der Waals surface area (Å²) in [6.07, 6.45) is -1.27. The van der Waals surface area contributed by atoms with Gasteiger partial charge < -0.3 is 25.1 Å². The van der Waals surface area contributed by atoms with Crippen LogP contribution in [0.2, 0.25) is 0 Å². The predicted molar refractivity (Wildman–Crippen MR) is 72.6 cm³/mol. The van der Waals surface area contributed by atoms with Crippen molar-refractivity contribution in [3.05, 3.63) is 35.9 Å². The number of hydrogen-bond acceptors (Lipinski definition) is 5. The maximum absolute atomic E-state index is 10.1. The van der Waals surface area contributed by atoms with Crippen molar-refractivity contribution in [1.29, 1.82) is 0 Å². The molecule has 1 heterocycles. The summed E-state index contributed by atoms with van der Waals surface area (Å²) < 4.78 is 17.4. The molecule has 110 valence electrons. The average Bonchev–Trinajstić information content (AvgIpc) is 2.72. The van der Waals surface area contributed by atoms with Gasteiger partial charge in [0.1, 0.15) is 12.2 Å². The third-order valence-electron chi connectivity index (χ3n) is 3.82. The maximum Gasteiger partial charge on any atom is 0.165 e. The third-order valence-corrected chi connectivity index (χ3v) is 3.82. The van der Waals surface area contributed by atoms with E-state index in [0.29, 0.717) is 13.0 Å². The van der Waals surface area contributed by atoms with Crippen molar-refractivity contribution in [3.8, 4) is 0 Å². The van der Waals surface area contributed by atoms with Gasteiger partial charge in [-0.25, -0.2) is 0 Å². The molecule has 0 spiro atoms. The standard InChI is InChI=1S/C15H21NO4/c1-14(2)19-13-12(11(17)8-15(13,16)20-14)18-9-10-6-4-3-5-7-10/h3-7,11-13,17H,8-9,16H2,1-2H3. The van der Waals surface area contributed by atoms with Crippen LogP contribution in [0, 0.1) is 0 Å². The van der Waals surface area contributed by atoms with Crippen LogP contribution in [0.1, 0.15) is 25.8 Å². The Bertz CT molecular complexity index is 478. The minimum atomic E-state index is -0.968. The lowest BCUT2D eigenvalue weighted by atomic mass is 10.1. The Morgan fingerprint density at radius 1 is 1.35 bits per heavy atom. The molecule has 3 N–H and O–H groups in total. The molecule has 1 aromatic rings. The molecular weight excluding hydrogens is 258 g/mol. The van der Waals surface area contributed by atoms with Crippen LogP contribution in [0.25, 0.3) is 0 Å². The van der Waals surface area contributed by atoms with Crippen LogP contribution in [0.3, 0.4) is 0 Å². The number of ether oxygens (including phenoxy) is 3. The van der Waals surface area contributed by atoms with Crippen LogP contribution in [0.15, 0.2) is 30.3 Å². The first-order valence-electron chi connectivity index (χ1n) is 6.90. The van der Waals surface area contributed by atoms with Crippen molar-refractivity contribution in [2.24, 2.45) is 5.73 Å². The molecule has 1 aliphatic carbocycles. The molecular formula is C15H21NO4. The Hall–Kier alpha value is -0.980. The van der Waals surface area contributed by atoms with E-state index >= 15 is 0 Å². The summed E-state index contributed by atoms with van der Waals surface area (Å²) in [5.74, 6) is -0.742. The molecule has 4 atom stereocenters. The lowest BCUT2D eigenvalue weighted by molar-refractivity contribution is -0.189. The molecule has 20 heavy (non-hydrogen) atoms. The molecule has 5 heteroatoms. The van der Waals surface area contributed by atoms with Gasteiger partial charge in [0.25, 0.3) is 0 Å². The van der Waals surface area contributed by atoms with Crippen LogP contribution in [-0.2, 0) is 20.8 Å². The van der Waals surface area contributed by atoms with E-state index in [-0.39, 0.29) is 0 Å². The lowest BCUT2D eigenvalue weighted by Gasteiger charge is -2.24. The van der Waals surface area contributed by atoms with Crippen LogP contribution < -0.4 is 5.73 Å². The van der Waals surface area contributed by atoms with E-state index in [1.54, 1.807) is 0 Å². The summed E-state index contributed by atoms with van der Waals surface area (Å²) in [6, 6.07) is 9.82. The second-order valence-electron chi connectivity index (χ2n) is 6.03. The van der Waals surface area contributed by atoms with E-state index in [0.717, 1.165) is 5.56 Å². The average molecular weight is 279 g/mol. The molecule has 1 saturated carbocycles. The summed E-state index contributed by atoms with van der Waals surface area (Å²) in [4.78, 5) is 0. The summed E-state index contributed by atoms with van der Waals surface area (Å²) in [6.45, 7) is 4.06. The van der Waals surface area contributed by atoms with E-state index in [1.807, 2.05) is 44.2 Å². The number of fused-ring (bicyclic) bond motifs is 1. The van der Waals surface area contributed by atoms with E-state index in [4.69, 9.17) is 19.9 Å². The number of rotatable bonds is 3. The number of benzene rings is 1. The van der Waals surface area contributed by atoms with Gasteiger partial charge in [-0.2, -0.15) is 0 Å². The zero-order chi connectivity index (χ0) is 14.4. The van der Waals surface area contributed by atoms with Crippen molar-refractivity contribution >= 4 is 0 Å². The summed E-state index contributed by atoms with van der Waals surface area (Å²) >= 11 is 0. The topological polar surface area (TPSA) is 73.9 Å². The Morgan fingerprint density at radius 2 is 2.05 bits per heavy atom. The van der Waals surface area contributed by atoms with Gasteiger partial charge in [-0.05, 0) is 19.4 Å². The smallest absolute Gasteiger partial charge is 0.165 e. The highest BCUT2D eigenvalue weighted by Gasteiger charge is 2.61. The number of aliphatic hydroxyl groups is 1. The molecule has 1 saturated heterocycles. The fourth-order valence-corrected chi connectivity index (χ4v) is 3.06. The first-order chi connectivity index (χ1) is 9.40. The van der Waals surface area contributed by atoms with E-state index in [2.05, 4.69) is 0 Å². The predicted octanol–water partition coefficient (Wildman–Crippen LogP) is 1.14. The van der Waals surface area contributed by atoms with Gasteiger partial charge in [0.2, 0.25) is 0 Å². The Morgan fingerprint density at radius 3 is 2.75 bits per heavy atom. The van der Waals surface area contributed by atoms with Crippen LogP contribution in [-0.4, -0.2) is 34.9 Å². The number of nitrogens with two attached hydrogens (primary N) is 1. The molecule has 0 amide bonds. The first-order valence-corrected chi connectivity index (χ1v) is 6.90. The second-order valence-corrected chi connectivity index (χ2v) is 6.03. The summed E-state index contributed by atoms with van der Waals surface area (Å²) in [5.41, 5.74) is 6.28. The highest BCUT2D eigenvalue weighted by atomic mass is 16.8. The van der Waals surface area contributed by atoms with Crippen molar-refractivity contribution in [2.45, 2.75) is 56.7 Å². The molecule has 5 nitrogen and oxygen atoms in total. The Labute approximate surface area is 118 Å². The normalized spacial score (nSPS) is 38.9. The molecule has 0 bridgehead atoms. The maximum atomic E-state index is 10.1. The molecule has 0 radical (unpaired) electrons. The van der Waals surface area contributed by atoms with Crippen molar-refractivity contribution < 1.29 is 19.3 Å². The highest BCUT2D eigenvalue weighted by molar-refractivity contribution is 5.14. The van der Waals surface area contributed by atoms with Crippen LogP contribution in [0.5, 0.6) is 0 Å².